The fourth-order valence-electron chi connectivity index (χ4n) is 4.29. The van der Waals surface area contributed by atoms with E-state index in [2.05, 4.69) is 41.9 Å². The van der Waals surface area contributed by atoms with E-state index in [9.17, 15) is 4.57 Å². The van der Waals surface area contributed by atoms with Crippen LogP contribution in [0.25, 0.3) is 0 Å². The van der Waals surface area contributed by atoms with Gasteiger partial charge in [-0.25, -0.2) is 0 Å². The predicted molar refractivity (Wildman–Crippen MR) is 94.8 cm³/mol. The van der Waals surface area contributed by atoms with Crippen LogP contribution in [-0.4, -0.2) is 11.3 Å². The van der Waals surface area contributed by atoms with Gasteiger partial charge in [0.2, 0.25) is 0 Å². The molecule has 3 aliphatic carbocycles. The molecule has 0 aromatic carbocycles. The molecule has 0 atom stereocenters. The third-order valence-corrected chi connectivity index (χ3v) is 11.1. The highest BCUT2D eigenvalue weighted by atomic mass is 127. The van der Waals surface area contributed by atoms with Crippen molar-refractivity contribution in [1.82, 2.24) is 0 Å². The highest BCUT2D eigenvalue weighted by Gasteiger charge is 2.50. The summed E-state index contributed by atoms with van der Waals surface area (Å²) in [5.41, 5.74) is 2.20. The summed E-state index contributed by atoms with van der Waals surface area (Å²) in [6, 6.07) is 0. The van der Waals surface area contributed by atoms with Crippen LogP contribution in [0.15, 0.2) is 0 Å². The van der Waals surface area contributed by atoms with Gasteiger partial charge in [-0.1, -0.05) is 61.1 Å². The second-order valence-corrected chi connectivity index (χ2v) is 11.1. The Balaban J connectivity index is 1.86. The summed E-state index contributed by atoms with van der Waals surface area (Å²) in [4.78, 5) is 0. The fourth-order valence-corrected chi connectivity index (χ4v) is 10.2. The fraction of sp³-hybridized carbons (Fsp3) is 0.706. The van der Waals surface area contributed by atoms with Crippen molar-refractivity contribution in [3.63, 3.8) is 0 Å². The first kappa shape index (κ1) is 15.8. The maximum absolute atomic E-state index is 14.2. The van der Waals surface area contributed by atoms with Gasteiger partial charge in [-0.05, 0) is 44.9 Å². The van der Waals surface area contributed by atoms with Gasteiger partial charge in [-0.3, -0.25) is 0 Å². The SMILES string of the molecule is O=P([C]1[CH][CH][CH][C]1I)(C1CCCCC1)C1CCCCC1. The molecule has 3 fully saturated rings. The Kier molecular flexibility index (Phi) is 5.56. The summed E-state index contributed by atoms with van der Waals surface area (Å²) in [7, 11) is -2.22. The summed E-state index contributed by atoms with van der Waals surface area (Å²) in [6.45, 7) is 0. The molecule has 5 radical (unpaired) electrons. The largest absolute Gasteiger partial charge is 0.322 e. The Hall–Kier alpha value is 0.960. The Bertz CT molecular complexity index is 336. The Morgan fingerprint density at radius 1 is 0.850 bits per heavy atom. The first-order chi connectivity index (χ1) is 9.73. The maximum Gasteiger partial charge on any atom is 0.102 e. The zero-order valence-corrected chi connectivity index (χ0v) is 15.2. The van der Waals surface area contributed by atoms with E-state index in [-0.39, 0.29) is 0 Å². The zero-order valence-electron chi connectivity index (χ0n) is 12.2. The van der Waals surface area contributed by atoms with Crippen LogP contribution in [0.1, 0.15) is 64.2 Å². The van der Waals surface area contributed by atoms with Crippen molar-refractivity contribution in [3.05, 3.63) is 28.8 Å². The van der Waals surface area contributed by atoms with Crippen LogP contribution >= 0.6 is 29.7 Å². The Morgan fingerprint density at radius 2 is 1.35 bits per heavy atom. The van der Waals surface area contributed by atoms with Gasteiger partial charge in [0.15, 0.2) is 0 Å². The molecule has 0 unspecified atom stereocenters. The Morgan fingerprint density at radius 3 is 1.75 bits per heavy atom. The first-order valence-corrected chi connectivity index (χ1v) is 11.2. The molecule has 20 heavy (non-hydrogen) atoms. The van der Waals surface area contributed by atoms with Crippen molar-refractivity contribution < 1.29 is 4.57 Å². The monoisotopic (exact) mass is 403 g/mol. The maximum atomic E-state index is 14.2. The minimum absolute atomic E-state index is 0.482. The predicted octanol–water partition coefficient (Wildman–Crippen LogP) is 6.14. The van der Waals surface area contributed by atoms with E-state index in [1.807, 2.05) is 0 Å². The molecule has 3 heteroatoms. The van der Waals surface area contributed by atoms with E-state index in [1.165, 1.54) is 73.8 Å². The highest BCUT2D eigenvalue weighted by molar-refractivity contribution is 14.1. The van der Waals surface area contributed by atoms with Crippen molar-refractivity contribution in [2.24, 2.45) is 0 Å². The lowest BCUT2D eigenvalue weighted by Crippen LogP contribution is -2.27. The minimum Gasteiger partial charge on any atom is -0.322 e. The molecule has 3 rings (SSSR count). The molecule has 0 amide bonds. The average Bonchev–Trinajstić information content (AvgIpc) is 2.95. The standard InChI is InChI=1S/C17H25IOP/c18-16-12-7-13-17(16)20(19,14-8-3-1-4-9-14)15-10-5-2-6-11-15/h7,12-15H,1-6,8-11H2. The second kappa shape index (κ2) is 7.02. The highest BCUT2D eigenvalue weighted by Crippen LogP contribution is 2.74. The average molecular weight is 403 g/mol. The molecule has 0 saturated heterocycles. The van der Waals surface area contributed by atoms with Gasteiger partial charge >= 0.3 is 0 Å². The van der Waals surface area contributed by atoms with Gasteiger partial charge in [0.25, 0.3) is 0 Å². The molecule has 0 bridgehead atoms. The summed E-state index contributed by atoms with van der Waals surface area (Å²) in [5, 5.41) is 0. The molecule has 1 nitrogen and oxygen atoms in total. The molecule has 0 heterocycles. The lowest BCUT2D eigenvalue weighted by atomic mass is 9.99. The van der Waals surface area contributed by atoms with Crippen LogP contribution < -0.4 is 0 Å². The van der Waals surface area contributed by atoms with Crippen molar-refractivity contribution in [3.8, 4) is 0 Å². The molecule has 0 aliphatic heterocycles. The van der Waals surface area contributed by atoms with Gasteiger partial charge in [0, 0.05) is 11.3 Å². The van der Waals surface area contributed by atoms with Crippen molar-refractivity contribution in [2.45, 2.75) is 75.5 Å². The van der Waals surface area contributed by atoms with E-state index in [4.69, 9.17) is 0 Å². The van der Waals surface area contributed by atoms with Crippen LogP contribution in [0.2, 0.25) is 0 Å². The molecule has 111 valence electrons. The van der Waals surface area contributed by atoms with Gasteiger partial charge < -0.3 is 4.57 Å². The third kappa shape index (κ3) is 3.03. The molecular formula is C17H25IOP. The van der Waals surface area contributed by atoms with Crippen LogP contribution in [0.3, 0.4) is 0 Å². The first-order valence-electron chi connectivity index (χ1n) is 8.24. The zero-order chi connectivity index (χ0) is 14.0. The van der Waals surface area contributed by atoms with Gasteiger partial charge in [-0.2, -0.15) is 0 Å². The molecule has 0 aromatic heterocycles. The van der Waals surface area contributed by atoms with Crippen LogP contribution in [0, 0.1) is 28.8 Å². The summed E-state index contributed by atoms with van der Waals surface area (Å²) in [5.74, 6) is 0. The minimum atomic E-state index is -2.22. The third-order valence-electron chi connectivity index (χ3n) is 5.35. The van der Waals surface area contributed by atoms with Crippen LogP contribution in [0.5, 0.6) is 0 Å². The summed E-state index contributed by atoms with van der Waals surface area (Å²) < 4.78 is 15.5. The Labute approximate surface area is 138 Å². The number of halogens is 1. The van der Waals surface area contributed by atoms with E-state index in [0.717, 1.165) is 0 Å². The van der Waals surface area contributed by atoms with E-state index >= 15 is 0 Å². The van der Waals surface area contributed by atoms with Gasteiger partial charge in [0.1, 0.15) is 7.14 Å². The molecular weight excluding hydrogens is 378 g/mol. The molecule has 0 spiro atoms. The number of hydrogen-bond donors (Lipinski definition) is 0. The summed E-state index contributed by atoms with van der Waals surface area (Å²) in [6.07, 6.45) is 19.1. The second-order valence-electron chi connectivity index (χ2n) is 6.55. The van der Waals surface area contributed by atoms with E-state index < -0.39 is 7.14 Å². The molecule has 0 N–H and O–H groups in total. The quantitative estimate of drug-likeness (QED) is 0.409. The normalized spacial score (nSPS) is 29.1. The number of hydrogen-bond acceptors (Lipinski definition) is 1. The smallest absolute Gasteiger partial charge is 0.102 e. The number of rotatable bonds is 3. The van der Waals surface area contributed by atoms with Gasteiger partial charge in [0.05, 0.1) is 9.58 Å². The molecule has 3 saturated carbocycles. The molecule has 0 aromatic rings. The van der Waals surface area contributed by atoms with Crippen LogP contribution in [-0.2, 0) is 4.57 Å². The van der Waals surface area contributed by atoms with Crippen molar-refractivity contribution >= 4 is 29.7 Å². The van der Waals surface area contributed by atoms with Gasteiger partial charge in [-0.15, -0.1) is 0 Å². The van der Waals surface area contributed by atoms with Crippen molar-refractivity contribution in [2.75, 3.05) is 0 Å². The lowest BCUT2D eigenvalue weighted by molar-refractivity contribution is 0.449. The topological polar surface area (TPSA) is 17.1 Å². The molecule has 3 aliphatic rings. The van der Waals surface area contributed by atoms with Crippen LogP contribution in [0.4, 0.5) is 0 Å². The summed E-state index contributed by atoms with van der Waals surface area (Å²) >= 11 is 2.40. The van der Waals surface area contributed by atoms with Crippen molar-refractivity contribution in [1.29, 1.82) is 0 Å². The van der Waals surface area contributed by atoms with E-state index in [1.54, 1.807) is 0 Å². The lowest BCUT2D eigenvalue weighted by Gasteiger charge is -2.42. The van der Waals surface area contributed by atoms with E-state index in [0.29, 0.717) is 11.3 Å².